The van der Waals surface area contributed by atoms with Crippen molar-refractivity contribution in [2.24, 2.45) is 0 Å². The minimum absolute atomic E-state index is 0.129. The van der Waals surface area contributed by atoms with E-state index in [4.69, 9.17) is 9.47 Å². The Morgan fingerprint density at radius 2 is 1.83 bits per heavy atom. The fourth-order valence-electron chi connectivity index (χ4n) is 2.31. The molecule has 124 valence electrons. The van der Waals surface area contributed by atoms with Crippen molar-refractivity contribution in [2.75, 3.05) is 23.6 Å². The number of amides is 2. The molecule has 0 aliphatic carbocycles. The van der Waals surface area contributed by atoms with Gasteiger partial charge in [-0.1, -0.05) is 0 Å². The maximum absolute atomic E-state index is 12.9. The number of anilines is 2. The third-order valence-corrected chi connectivity index (χ3v) is 3.48. The lowest BCUT2D eigenvalue weighted by Crippen LogP contribution is -2.36. The van der Waals surface area contributed by atoms with Crippen molar-refractivity contribution in [1.82, 2.24) is 0 Å². The van der Waals surface area contributed by atoms with E-state index in [-0.39, 0.29) is 19.2 Å². The number of ether oxygens (including phenoxy) is 2. The van der Waals surface area contributed by atoms with Gasteiger partial charge in [0, 0.05) is 24.4 Å². The van der Waals surface area contributed by atoms with E-state index in [1.807, 2.05) is 0 Å². The molecule has 0 bridgehead atoms. The van der Waals surface area contributed by atoms with E-state index in [1.165, 1.54) is 36.1 Å². The highest BCUT2D eigenvalue weighted by atomic mass is 19.1. The summed E-state index contributed by atoms with van der Waals surface area (Å²) in [6, 6.07) is 10.4. The van der Waals surface area contributed by atoms with Crippen LogP contribution in [0.25, 0.3) is 0 Å². The SMILES string of the molecule is CC(=O)N(CC(=O)Nc1ccc(F)cc1)c1ccc2c(c1)OCO2. The smallest absolute Gasteiger partial charge is 0.244 e. The lowest BCUT2D eigenvalue weighted by Gasteiger charge is -2.21. The molecular formula is C17H15FN2O4. The molecule has 2 amide bonds. The predicted molar refractivity (Wildman–Crippen MR) is 85.6 cm³/mol. The first kappa shape index (κ1) is 15.8. The molecule has 2 aromatic carbocycles. The summed E-state index contributed by atoms with van der Waals surface area (Å²) in [5.41, 5.74) is 0.983. The molecule has 24 heavy (non-hydrogen) atoms. The van der Waals surface area contributed by atoms with Crippen LogP contribution in [0.2, 0.25) is 0 Å². The highest BCUT2D eigenvalue weighted by Gasteiger charge is 2.20. The highest BCUT2D eigenvalue weighted by Crippen LogP contribution is 2.35. The average Bonchev–Trinajstić information content (AvgIpc) is 3.02. The van der Waals surface area contributed by atoms with Gasteiger partial charge in [-0.3, -0.25) is 9.59 Å². The van der Waals surface area contributed by atoms with Crippen molar-refractivity contribution >= 4 is 23.2 Å². The van der Waals surface area contributed by atoms with Crippen molar-refractivity contribution in [1.29, 1.82) is 0 Å². The Morgan fingerprint density at radius 3 is 2.54 bits per heavy atom. The fraction of sp³-hybridized carbons (Fsp3) is 0.176. The predicted octanol–water partition coefficient (Wildman–Crippen LogP) is 2.55. The van der Waals surface area contributed by atoms with Crippen molar-refractivity contribution in [3.05, 3.63) is 48.3 Å². The van der Waals surface area contributed by atoms with E-state index < -0.39 is 11.7 Å². The van der Waals surface area contributed by atoms with E-state index >= 15 is 0 Å². The summed E-state index contributed by atoms with van der Waals surface area (Å²) < 4.78 is 23.4. The third-order valence-electron chi connectivity index (χ3n) is 3.48. The maximum Gasteiger partial charge on any atom is 0.244 e. The Bertz CT molecular complexity index is 777. The lowest BCUT2D eigenvalue weighted by molar-refractivity contribution is -0.120. The number of nitrogens with one attached hydrogen (secondary N) is 1. The summed E-state index contributed by atoms with van der Waals surface area (Å²) in [6.45, 7) is 1.33. The summed E-state index contributed by atoms with van der Waals surface area (Å²) in [6.07, 6.45) is 0. The minimum Gasteiger partial charge on any atom is -0.454 e. The molecule has 6 nitrogen and oxygen atoms in total. The number of benzene rings is 2. The Kier molecular flexibility index (Phi) is 4.33. The molecule has 0 spiro atoms. The van der Waals surface area contributed by atoms with Gasteiger partial charge in [-0.05, 0) is 36.4 Å². The largest absolute Gasteiger partial charge is 0.454 e. The van der Waals surface area contributed by atoms with Gasteiger partial charge in [0.1, 0.15) is 12.4 Å². The van der Waals surface area contributed by atoms with Crippen LogP contribution in [-0.2, 0) is 9.59 Å². The topological polar surface area (TPSA) is 67.9 Å². The van der Waals surface area contributed by atoms with Gasteiger partial charge in [0.2, 0.25) is 18.6 Å². The second kappa shape index (κ2) is 6.57. The number of hydrogen-bond acceptors (Lipinski definition) is 4. The summed E-state index contributed by atoms with van der Waals surface area (Å²) >= 11 is 0. The Labute approximate surface area is 137 Å². The number of hydrogen-bond donors (Lipinski definition) is 1. The molecule has 1 N–H and O–H groups in total. The lowest BCUT2D eigenvalue weighted by atomic mass is 10.2. The van der Waals surface area contributed by atoms with Crippen LogP contribution < -0.4 is 19.7 Å². The van der Waals surface area contributed by atoms with Gasteiger partial charge in [-0.25, -0.2) is 4.39 Å². The molecule has 2 aromatic rings. The van der Waals surface area contributed by atoms with E-state index in [2.05, 4.69) is 5.32 Å². The first-order valence-electron chi connectivity index (χ1n) is 7.26. The zero-order chi connectivity index (χ0) is 17.1. The highest BCUT2D eigenvalue weighted by molar-refractivity contribution is 6.01. The number of carbonyl (C=O) groups is 2. The van der Waals surface area contributed by atoms with Crippen molar-refractivity contribution in [2.45, 2.75) is 6.92 Å². The minimum atomic E-state index is -0.394. The van der Waals surface area contributed by atoms with E-state index in [0.29, 0.717) is 22.9 Å². The first-order chi connectivity index (χ1) is 11.5. The summed E-state index contributed by atoms with van der Waals surface area (Å²) in [7, 11) is 0. The number of halogens is 1. The fourth-order valence-corrected chi connectivity index (χ4v) is 2.31. The van der Waals surface area contributed by atoms with Gasteiger partial charge >= 0.3 is 0 Å². The Morgan fingerprint density at radius 1 is 1.12 bits per heavy atom. The number of carbonyl (C=O) groups excluding carboxylic acids is 2. The molecule has 0 fully saturated rings. The standard InChI is InChI=1S/C17H15FN2O4/c1-11(21)20(14-6-7-15-16(8-14)24-10-23-15)9-17(22)19-13-4-2-12(18)3-5-13/h2-8H,9-10H2,1H3,(H,19,22). The van der Waals surface area contributed by atoms with Gasteiger partial charge in [0.25, 0.3) is 0 Å². The van der Waals surface area contributed by atoms with Gasteiger partial charge in [0.15, 0.2) is 11.5 Å². The van der Waals surface area contributed by atoms with Crippen LogP contribution in [0, 0.1) is 5.82 Å². The zero-order valence-corrected chi connectivity index (χ0v) is 12.9. The number of fused-ring (bicyclic) bond motifs is 1. The molecule has 1 heterocycles. The summed E-state index contributed by atoms with van der Waals surface area (Å²) in [5.74, 6) is 0.0482. The molecule has 0 saturated heterocycles. The monoisotopic (exact) mass is 330 g/mol. The molecule has 3 rings (SSSR count). The second-order valence-electron chi connectivity index (χ2n) is 5.20. The number of nitrogens with zero attached hydrogens (tertiary/aromatic N) is 1. The first-order valence-corrected chi connectivity index (χ1v) is 7.26. The van der Waals surface area contributed by atoms with Crippen LogP contribution in [0.5, 0.6) is 11.5 Å². The van der Waals surface area contributed by atoms with Crippen molar-refractivity contribution in [3.8, 4) is 11.5 Å². The molecule has 1 aliphatic rings. The Balaban J connectivity index is 1.73. The molecule has 0 aromatic heterocycles. The van der Waals surface area contributed by atoms with Crippen LogP contribution in [0.3, 0.4) is 0 Å². The van der Waals surface area contributed by atoms with Crippen molar-refractivity contribution < 1.29 is 23.5 Å². The van der Waals surface area contributed by atoms with Crippen LogP contribution in [0.15, 0.2) is 42.5 Å². The van der Waals surface area contributed by atoms with E-state index in [1.54, 1.807) is 18.2 Å². The molecule has 1 aliphatic heterocycles. The van der Waals surface area contributed by atoms with Crippen molar-refractivity contribution in [3.63, 3.8) is 0 Å². The normalized spacial score (nSPS) is 11.9. The molecule has 7 heteroatoms. The molecular weight excluding hydrogens is 315 g/mol. The zero-order valence-electron chi connectivity index (χ0n) is 12.9. The molecule has 0 saturated carbocycles. The van der Waals surface area contributed by atoms with Gasteiger partial charge in [-0.2, -0.15) is 0 Å². The van der Waals surface area contributed by atoms with Crippen LogP contribution in [-0.4, -0.2) is 25.2 Å². The quantitative estimate of drug-likeness (QED) is 0.935. The maximum atomic E-state index is 12.9. The molecule has 0 unspecified atom stereocenters. The Hall–Kier alpha value is -3.09. The second-order valence-corrected chi connectivity index (χ2v) is 5.20. The average molecular weight is 330 g/mol. The molecule has 0 radical (unpaired) electrons. The van der Waals surface area contributed by atoms with Gasteiger partial charge in [0.05, 0.1) is 0 Å². The van der Waals surface area contributed by atoms with E-state index in [9.17, 15) is 14.0 Å². The molecule has 0 atom stereocenters. The van der Waals surface area contributed by atoms with Gasteiger partial charge < -0.3 is 19.7 Å². The van der Waals surface area contributed by atoms with E-state index in [0.717, 1.165) is 0 Å². The third kappa shape index (κ3) is 3.45. The van der Waals surface area contributed by atoms with Crippen LogP contribution >= 0.6 is 0 Å². The summed E-state index contributed by atoms with van der Waals surface area (Å²) in [4.78, 5) is 25.4. The van der Waals surface area contributed by atoms with Gasteiger partial charge in [-0.15, -0.1) is 0 Å². The summed E-state index contributed by atoms with van der Waals surface area (Å²) in [5, 5.41) is 2.62. The van der Waals surface area contributed by atoms with Crippen LogP contribution in [0.4, 0.5) is 15.8 Å². The number of rotatable bonds is 4. The van der Waals surface area contributed by atoms with Crippen LogP contribution in [0.1, 0.15) is 6.92 Å².